The van der Waals surface area contributed by atoms with Crippen LogP contribution in [0.4, 0.5) is 5.69 Å². The van der Waals surface area contributed by atoms with Crippen LogP contribution >= 0.6 is 0 Å². The summed E-state index contributed by atoms with van der Waals surface area (Å²) < 4.78 is 0. The van der Waals surface area contributed by atoms with Gasteiger partial charge in [0.25, 0.3) is 5.91 Å². The molecule has 27 heavy (non-hydrogen) atoms. The Kier molecular flexibility index (Phi) is 4.09. The molecule has 0 saturated carbocycles. The molecule has 138 valence electrons. The largest absolute Gasteiger partial charge is 0.384 e. The average molecular weight is 360 g/mol. The lowest BCUT2D eigenvalue weighted by Gasteiger charge is -2.34. The highest BCUT2D eigenvalue weighted by molar-refractivity contribution is 5.98. The van der Waals surface area contributed by atoms with E-state index in [1.807, 2.05) is 35.2 Å². The van der Waals surface area contributed by atoms with Crippen molar-refractivity contribution in [2.45, 2.75) is 13.0 Å². The number of para-hydroxylation sites is 2. The fourth-order valence-electron chi connectivity index (χ4n) is 4.25. The van der Waals surface area contributed by atoms with Gasteiger partial charge >= 0.3 is 0 Å². The summed E-state index contributed by atoms with van der Waals surface area (Å²) in [6, 6.07) is 16.6. The molecule has 5 heteroatoms. The number of aromatic nitrogens is 1. The van der Waals surface area contributed by atoms with Crippen molar-refractivity contribution < 1.29 is 4.79 Å². The number of nitrogens with one attached hydrogen (secondary N) is 2. The van der Waals surface area contributed by atoms with Crippen LogP contribution in [-0.4, -0.2) is 53.4 Å². The molecule has 0 aliphatic carbocycles. The van der Waals surface area contributed by atoms with Crippen molar-refractivity contribution in [1.82, 2.24) is 14.8 Å². The van der Waals surface area contributed by atoms with E-state index >= 15 is 0 Å². The third-order valence-corrected chi connectivity index (χ3v) is 5.75. The molecule has 2 aliphatic heterocycles. The van der Waals surface area contributed by atoms with Crippen LogP contribution < -0.4 is 5.32 Å². The van der Waals surface area contributed by atoms with E-state index in [2.05, 4.69) is 33.4 Å². The quantitative estimate of drug-likeness (QED) is 0.755. The lowest BCUT2D eigenvalue weighted by atomic mass is 10.1. The number of nitrogens with zero attached hydrogens (tertiary/aromatic N) is 2. The Morgan fingerprint density at radius 2 is 1.85 bits per heavy atom. The summed E-state index contributed by atoms with van der Waals surface area (Å²) in [5.41, 5.74) is 5.84. The van der Waals surface area contributed by atoms with E-state index < -0.39 is 0 Å². The minimum atomic E-state index is 0.105. The topological polar surface area (TPSA) is 51.4 Å². The molecular weight excluding hydrogens is 336 g/mol. The van der Waals surface area contributed by atoms with Crippen molar-refractivity contribution in [2.75, 3.05) is 38.0 Å². The summed E-state index contributed by atoms with van der Waals surface area (Å²) in [7, 11) is 0. The number of H-pyrrole nitrogens is 1. The first-order chi connectivity index (χ1) is 13.3. The van der Waals surface area contributed by atoms with Crippen LogP contribution in [0.5, 0.6) is 0 Å². The highest BCUT2D eigenvalue weighted by Crippen LogP contribution is 2.27. The summed E-state index contributed by atoms with van der Waals surface area (Å²) in [6.07, 6.45) is 1.12. The zero-order chi connectivity index (χ0) is 18.2. The summed E-state index contributed by atoms with van der Waals surface area (Å²) in [5, 5.41) is 4.61. The van der Waals surface area contributed by atoms with Crippen LogP contribution in [0.1, 0.15) is 21.6 Å². The Bertz CT molecular complexity index is 952. The third-order valence-electron chi connectivity index (χ3n) is 5.75. The minimum Gasteiger partial charge on any atom is -0.384 e. The number of hydrogen-bond donors (Lipinski definition) is 2. The minimum absolute atomic E-state index is 0.105. The molecule has 0 atom stereocenters. The predicted molar refractivity (Wildman–Crippen MR) is 108 cm³/mol. The predicted octanol–water partition coefficient (Wildman–Crippen LogP) is 3.09. The maximum Gasteiger partial charge on any atom is 0.270 e. The molecule has 2 aromatic carbocycles. The van der Waals surface area contributed by atoms with Gasteiger partial charge in [-0.05, 0) is 29.7 Å². The van der Waals surface area contributed by atoms with Crippen molar-refractivity contribution in [2.24, 2.45) is 0 Å². The van der Waals surface area contributed by atoms with Gasteiger partial charge in [-0.2, -0.15) is 0 Å². The van der Waals surface area contributed by atoms with Crippen LogP contribution in [0.3, 0.4) is 0 Å². The highest BCUT2D eigenvalue weighted by atomic mass is 16.2. The van der Waals surface area contributed by atoms with Gasteiger partial charge in [0.05, 0.1) is 0 Å². The molecule has 1 amide bonds. The first-order valence-corrected chi connectivity index (χ1v) is 9.72. The molecule has 0 spiro atoms. The zero-order valence-corrected chi connectivity index (χ0v) is 15.4. The average Bonchev–Trinajstić information content (AvgIpc) is 3.35. The maximum absolute atomic E-state index is 12.9. The first-order valence-electron chi connectivity index (χ1n) is 9.72. The Morgan fingerprint density at radius 3 is 2.70 bits per heavy atom. The van der Waals surface area contributed by atoms with Crippen molar-refractivity contribution in [3.05, 3.63) is 65.4 Å². The second-order valence-electron chi connectivity index (χ2n) is 7.47. The van der Waals surface area contributed by atoms with Gasteiger partial charge in [-0.3, -0.25) is 9.69 Å². The number of fused-ring (bicyclic) bond motifs is 2. The smallest absolute Gasteiger partial charge is 0.270 e. The fourth-order valence-corrected chi connectivity index (χ4v) is 4.25. The van der Waals surface area contributed by atoms with Gasteiger partial charge < -0.3 is 15.2 Å². The van der Waals surface area contributed by atoms with E-state index in [1.165, 1.54) is 16.8 Å². The monoisotopic (exact) mass is 360 g/mol. The van der Waals surface area contributed by atoms with Gasteiger partial charge in [-0.15, -0.1) is 0 Å². The number of aromatic amines is 1. The number of benzene rings is 2. The van der Waals surface area contributed by atoms with E-state index in [0.717, 1.165) is 56.6 Å². The van der Waals surface area contributed by atoms with Gasteiger partial charge in [0.15, 0.2) is 0 Å². The summed E-state index contributed by atoms with van der Waals surface area (Å²) >= 11 is 0. The molecule has 1 aromatic heterocycles. The van der Waals surface area contributed by atoms with Gasteiger partial charge in [0, 0.05) is 55.9 Å². The van der Waals surface area contributed by atoms with Gasteiger partial charge in [-0.25, -0.2) is 0 Å². The van der Waals surface area contributed by atoms with Crippen molar-refractivity contribution in [3.8, 4) is 0 Å². The van der Waals surface area contributed by atoms with Gasteiger partial charge in [0.2, 0.25) is 0 Å². The Balaban J connectivity index is 1.24. The molecule has 5 nitrogen and oxygen atoms in total. The van der Waals surface area contributed by atoms with Crippen molar-refractivity contribution >= 4 is 22.5 Å². The molecule has 3 heterocycles. The molecule has 1 fully saturated rings. The van der Waals surface area contributed by atoms with Crippen LogP contribution in [-0.2, 0) is 13.0 Å². The summed E-state index contributed by atoms with van der Waals surface area (Å²) in [5.74, 6) is 0.105. The molecule has 2 aliphatic rings. The normalized spacial score (nSPS) is 17.1. The third kappa shape index (κ3) is 3.08. The second-order valence-corrected chi connectivity index (χ2v) is 7.47. The van der Waals surface area contributed by atoms with E-state index in [-0.39, 0.29) is 5.91 Å². The number of carbonyl (C=O) groups is 1. The maximum atomic E-state index is 12.9. The molecule has 1 saturated heterocycles. The van der Waals surface area contributed by atoms with Crippen LogP contribution in [0.15, 0.2) is 48.5 Å². The number of rotatable bonds is 3. The van der Waals surface area contributed by atoms with E-state index in [9.17, 15) is 4.79 Å². The number of piperazine rings is 1. The van der Waals surface area contributed by atoms with Crippen molar-refractivity contribution in [1.29, 1.82) is 0 Å². The van der Waals surface area contributed by atoms with E-state index in [0.29, 0.717) is 5.69 Å². The molecule has 2 N–H and O–H groups in total. The number of anilines is 1. The van der Waals surface area contributed by atoms with Gasteiger partial charge in [0.1, 0.15) is 5.69 Å². The molecule has 0 radical (unpaired) electrons. The van der Waals surface area contributed by atoms with Crippen LogP contribution in [0.25, 0.3) is 10.9 Å². The SMILES string of the molecule is O=C(c1cc2ccccc2[nH]1)N1CCN(Cc2cccc3c2NCC3)CC1. The van der Waals surface area contributed by atoms with E-state index in [4.69, 9.17) is 0 Å². The highest BCUT2D eigenvalue weighted by Gasteiger charge is 2.24. The molecule has 0 bridgehead atoms. The summed E-state index contributed by atoms with van der Waals surface area (Å²) in [6.45, 7) is 5.36. The summed E-state index contributed by atoms with van der Waals surface area (Å²) in [4.78, 5) is 20.5. The molecule has 3 aromatic rings. The van der Waals surface area contributed by atoms with Crippen LogP contribution in [0, 0.1) is 0 Å². The van der Waals surface area contributed by atoms with Gasteiger partial charge in [-0.1, -0.05) is 36.4 Å². The van der Waals surface area contributed by atoms with E-state index in [1.54, 1.807) is 0 Å². The molecule has 5 rings (SSSR count). The van der Waals surface area contributed by atoms with Crippen molar-refractivity contribution in [3.63, 3.8) is 0 Å². The lowest BCUT2D eigenvalue weighted by Crippen LogP contribution is -2.48. The Morgan fingerprint density at radius 1 is 1.00 bits per heavy atom. The first kappa shape index (κ1) is 16.4. The zero-order valence-electron chi connectivity index (χ0n) is 15.4. The Labute approximate surface area is 159 Å². The number of hydrogen-bond acceptors (Lipinski definition) is 3. The van der Waals surface area contributed by atoms with Crippen LogP contribution in [0.2, 0.25) is 0 Å². The number of amides is 1. The number of carbonyl (C=O) groups excluding carboxylic acids is 1. The second kappa shape index (κ2) is 6.74. The fraction of sp³-hybridized carbons (Fsp3) is 0.318. The standard InChI is InChI=1S/C22H24N4O/c27-22(20-14-17-4-1-2-7-19(17)24-20)26-12-10-25(11-13-26)15-18-6-3-5-16-8-9-23-21(16)18/h1-7,14,23-24H,8-13,15H2. The molecular formula is C22H24N4O. The Hall–Kier alpha value is -2.79. The lowest BCUT2D eigenvalue weighted by molar-refractivity contribution is 0.0624. The molecule has 0 unspecified atom stereocenters.